The molecule has 1 fully saturated rings. The van der Waals surface area contributed by atoms with Crippen LogP contribution in [0.4, 0.5) is 0 Å². The van der Waals surface area contributed by atoms with Gasteiger partial charge in [0.2, 0.25) is 6.04 Å². The van der Waals surface area contributed by atoms with Crippen LogP contribution in [0.1, 0.15) is 42.9 Å². The quantitative estimate of drug-likeness (QED) is 0.658. The van der Waals surface area contributed by atoms with Crippen LogP contribution < -0.4 is 0 Å². The normalized spacial score (nSPS) is 23.6. The zero-order chi connectivity index (χ0) is 13.4. The van der Waals surface area contributed by atoms with Gasteiger partial charge in [0.25, 0.3) is 0 Å². The lowest BCUT2D eigenvalue weighted by Gasteiger charge is -2.25. The molecule has 1 aromatic carbocycles. The van der Waals surface area contributed by atoms with Crippen molar-refractivity contribution in [1.82, 2.24) is 4.98 Å². The van der Waals surface area contributed by atoms with Gasteiger partial charge in [0, 0.05) is 27.9 Å². The molecule has 0 radical (unpaired) electrons. The van der Waals surface area contributed by atoms with E-state index in [0.29, 0.717) is 6.42 Å². The molecule has 0 bridgehead atoms. The van der Waals surface area contributed by atoms with Gasteiger partial charge in [0.1, 0.15) is 0 Å². The predicted molar refractivity (Wildman–Crippen MR) is 75.0 cm³/mol. The molecular weight excluding hydrogens is 240 g/mol. The van der Waals surface area contributed by atoms with Crippen LogP contribution >= 0.6 is 0 Å². The molecule has 100 valence electrons. The van der Waals surface area contributed by atoms with Gasteiger partial charge in [-0.15, -0.1) is 0 Å². The lowest BCUT2D eigenvalue weighted by molar-refractivity contribution is -0.530. The fraction of sp³-hybridized carbons (Fsp3) is 0.467. The van der Waals surface area contributed by atoms with Crippen LogP contribution in [0.5, 0.6) is 0 Å². The second kappa shape index (κ2) is 4.68. The highest BCUT2D eigenvalue weighted by molar-refractivity contribution is 5.85. The summed E-state index contributed by atoms with van der Waals surface area (Å²) in [5, 5.41) is 12.5. The van der Waals surface area contributed by atoms with Crippen LogP contribution in [-0.2, 0) is 0 Å². The average molecular weight is 258 g/mol. The molecule has 4 nitrogen and oxygen atoms in total. The van der Waals surface area contributed by atoms with Crippen LogP contribution in [-0.4, -0.2) is 15.9 Å². The molecule has 2 atom stereocenters. The minimum absolute atomic E-state index is 0.0555. The Morgan fingerprint density at radius 3 is 2.79 bits per heavy atom. The summed E-state index contributed by atoms with van der Waals surface area (Å²) in [6.45, 7) is 2.03. The van der Waals surface area contributed by atoms with Crippen molar-refractivity contribution in [2.24, 2.45) is 0 Å². The molecule has 1 saturated carbocycles. The highest BCUT2D eigenvalue weighted by Gasteiger charge is 2.37. The number of fused-ring (bicyclic) bond motifs is 1. The molecule has 3 rings (SSSR count). The van der Waals surface area contributed by atoms with Crippen LogP contribution in [0.25, 0.3) is 10.9 Å². The van der Waals surface area contributed by atoms with Crippen molar-refractivity contribution in [2.75, 3.05) is 0 Å². The molecule has 1 aliphatic carbocycles. The van der Waals surface area contributed by atoms with Crippen molar-refractivity contribution >= 4 is 10.9 Å². The largest absolute Gasteiger partial charge is 0.358 e. The van der Waals surface area contributed by atoms with Gasteiger partial charge in [-0.05, 0) is 31.4 Å². The smallest absolute Gasteiger partial charge is 0.220 e. The van der Waals surface area contributed by atoms with Crippen molar-refractivity contribution in [3.63, 3.8) is 0 Å². The first kappa shape index (κ1) is 12.2. The number of rotatable bonds is 2. The zero-order valence-electron chi connectivity index (χ0n) is 11.1. The Balaban J connectivity index is 2.11. The SMILES string of the molecule is Cc1[nH]c2ccccc2c1C1CCCCC1[N+](=O)[O-]. The summed E-state index contributed by atoms with van der Waals surface area (Å²) in [7, 11) is 0. The number of nitro groups is 1. The van der Waals surface area contributed by atoms with E-state index < -0.39 is 6.04 Å². The van der Waals surface area contributed by atoms with Crippen LogP contribution in [0.2, 0.25) is 0 Å². The zero-order valence-corrected chi connectivity index (χ0v) is 11.1. The number of hydrogen-bond acceptors (Lipinski definition) is 2. The van der Waals surface area contributed by atoms with E-state index in [1.165, 1.54) is 0 Å². The summed E-state index contributed by atoms with van der Waals surface area (Å²) >= 11 is 0. The Bertz CT molecular complexity index is 618. The van der Waals surface area contributed by atoms with E-state index in [0.717, 1.165) is 41.4 Å². The summed E-state index contributed by atoms with van der Waals surface area (Å²) in [6.07, 6.45) is 3.70. The van der Waals surface area contributed by atoms with E-state index in [-0.39, 0.29) is 10.8 Å². The molecule has 0 aliphatic heterocycles. The van der Waals surface area contributed by atoms with Gasteiger partial charge in [0.05, 0.1) is 5.92 Å². The van der Waals surface area contributed by atoms with Gasteiger partial charge in [-0.3, -0.25) is 10.1 Å². The fourth-order valence-corrected chi connectivity index (χ4v) is 3.48. The lowest BCUT2D eigenvalue weighted by Crippen LogP contribution is -2.30. The highest BCUT2D eigenvalue weighted by atomic mass is 16.6. The van der Waals surface area contributed by atoms with E-state index in [9.17, 15) is 10.1 Å². The number of nitrogens with zero attached hydrogens (tertiary/aromatic N) is 1. The monoisotopic (exact) mass is 258 g/mol. The molecule has 2 aromatic rings. The number of H-pyrrole nitrogens is 1. The summed E-state index contributed by atoms with van der Waals surface area (Å²) in [5.41, 5.74) is 3.33. The second-order valence-electron chi connectivity index (χ2n) is 5.45. The number of benzene rings is 1. The second-order valence-corrected chi connectivity index (χ2v) is 5.45. The van der Waals surface area contributed by atoms with Crippen LogP contribution in [0.3, 0.4) is 0 Å². The van der Waals surface area contributed by atoms with E-state index in [1.54, 1.807) is 0 Å². The van der Waals surface area contributed by atoms with Crippen molar-refractivity contribution in [3.05, 3.63) is 45.6 Å². The Hall–Kier alpha value is -1.84. The third-order valence-electron chi connectivity index (χ3n) is 4.31. The van der Waals surface area contributed by atoms with E-state index >= 15 is 0 Å². The molecule has 1 aromatic heterocycles. The molecular formula is C15H18N2O2. The third kappa shape index (κ3) is 2.01. The Kier molecular flexibility index (Phi) is 3.01. The first-order valence-electron chi connectivity index (χ1n) is 6.89. The van der Waals surface area contributed by atoms with Crippen molar-refractivity contribution in [2.45, 2.75) is 44.6 Å². The maximum absolute atomic E-state index is 11.3. The number of aromatic nitrogens is 1. The van der Waals surface area contributed by atoms with Crippen molar-refractivity contribution in [1.29, 1.82) is 0 Å². The topological polar surface area (TPSA) is 58.9 Å². The molecule has 4 heteroatoms. The highest BCUT2D eigenvalue weighted by Crippen LogP contribution is 2.39. The van der Waals surface area contributed by atoms with Crippen molar-refractivity contribution < 1.29 is 4.92 Å². The minimum Gasteiger partial charge on any atom is -0.358 e. The molecule has 1 heterocycles. The molecule has 0 amide bonds. The third-order valence-corrected chi connectivity index (χ3v) is 4.31. The van der Waals surface area contributed by atoms with E-state index in [1.807, 2.05) is 25.1 Å². The van der Waals surface area contributed by atoms with Gasteiger partial charge in [-0.2, -0.15) is 0 Å². The van der Waals surface area contributed by atoms with Gasteiger partial charge >= 0.3 is 0 Å². The average Bonchev–Trinajstić information content (AvgIpc) is 2.74. The first-order chi connectivity index (χ1) is 9.18. The molecule has 0 saturated heterocycles. The summed E-state index contributed by atoms with van der Waals surface area (Å²) in [6, 6.07) is 7.68. The molecule has 1 aliphatic rings. The number of nitrogens with one attached hydrogen (secondary N) is 1. The van der Waals surface area contributed by atoms with E-state index in [2.05, 4.69) is 11.1 Å². The van der Waals surface area contributed by atoms with Crippen LogP contribution in [0, 0.1) is 17.0 Å². The number of aryl methyl sites for hydroxylation is 1. The maximum atomic E-state index is 11.3. The Morgan fingerprint density at radius 1 is 1.26 bits per heavy atom. The van der Waals surface area contributed by atoms with E-state index in [4.69, 9.17) is 0 Å². The Morgan fingerprint density at radius 2 is 2.00 bits per heavy atom. The fourth-order valence-electron chi connectivity index (χ4n) is 3.48. The summed E-state index contributed by atoms with van der Waals surface area (Å²) in [4.78, 5) is 14.6. The number of hydrogen-bond donors (Lipinski definition) is 1. The molecule has 0 spiro atoms. The minimum atomic E-state index is -0.424. The van der Waals surface area contributed by atoms with Gasteiger partial charge in [-0.25, -0.2) is 0 Å². The molecule has 1 N–H and O–H groups in total. The molecule has 19 heavy (non-hydrogen) atoms. The van der Waals surface area contributed by atoms with Crippen molar-refractivity contribution in [3.8, 4) is 0 Å². The Labute approximate surface area is 112 Å². The van der Waals surface area contributed by atoms with Gasteiger partial charge in [0.15, 0.2) is 0 Å². The molecule has 2 unspecified atom stereocenters. The summed E-state index contributed by atoms with van der Waals surface area (Å²) in [5.74, 6) is 0.0555. The number of aromatic amines is 1. The van der Waals surface area contributed by atoms with Crippen LogP contribution in [0.15, 0.2) is 24.3 Å². The number of para-hydroxylation sites is 1. The standard InChI is InChI=1S/C15H18N2O2/c1-10-15(11-6-2-4-8-13(11)16-10)12-7-3-5-9-14(12)17(18)19/h2,4,6,8,12,14,16H,3,5,7,9H2,1H3. The lowest BCUT2D eigenvalue weighted by atomic mass is 9.79. The van der Waals surface area contributed by atoms with Gasteiger partial charge in [-0.1, -0.05) is 24.6 Å². The van der Waals surface area contributed by atoms with Gasteiger partial charge < -0.3 is 4.98 Å². The summed E-state index contributed by atoms with van der Waals surface area (Å²) < 4.78 is 0. The first-order valence-corrected chi connectivity index (χ1v) is 6.89. The predicted octanol–water partition coefficient (Wildman–Crippen LogP) is 3.78. The maximum Gasteiger partial charge on any atom is 0.220 e.